The average molecular weight is 545 g/mol. The Morgan fingerprint density at radius 2 is 1.72 bits per heavy atom. The number of Topliss-reactive ketones (excluding diaryl/α,β-unsaturated/α-hetero) is 1. The number of benzene rings is 1. The van der Waals surface area contributed by atoms with Crippen LogP contribution < -0.4 is 0 Å². The molecule has 1 heterocycles. The van der Waals surface area contributed by atoms with E-state index in [1.165, 1.54) is 26.0 Å². The highest BCUT2D eigenvalue weighted by Gasteiger charge is 2.77. The number of ether oxygens (including phenoxy) is 3. The minimum atomic E-state index is -2.07. The smallest absolute Gasteiger partial charge is 0.338 e. The number of aliphatic hydroxyl groups excluding tert-OH is 3. The Morgan fingerprint density at radius 1 is 1.08 bits per heavy atom. The molecule has 1 aliphatic heterocycles. The molecule has 5 rings (SSSR count). The van der Waals surface area contributed by atoms with Crippen molar-refractivity contribution in [3.05, 3.63) is 47.0 Å². The lowest BCUT2D eigenvalue weighted by Gasteiger charge is -2.67. The first kappa shape index (κ1) is 27.9. The summed E-state index contributed by atoms with van der Waals surface area (Å²) in [4.78, 5) is 40.3. The van der Waals surface area contributed by atoms with E-state index in [1.807, 2.05) is 0 Å². The van der Waals surface area contributed by atoms with Gasteiger partial charge in [-0.05, 0) is 37.1 Å². The SMILES string of the molecule is CC(=O)O[C@@]12CO[C@@H]1C[C@H](O)[C@@]1(C)C(=O)[C@H](O)C3=C(C)[C@H](O)C[C@@](O)(C(OC(=O)c4ccccc4)C12)C3(C)C. The molecule has 10 heteroatoms. The molecule has 0 aromatic heterocycles. The molecule has 2 saturated carbocycles. The van der Waals surface area contributed by atoms with Crippen LogP contribution in [0.15, 0.2) is 41.5 Å². The molecule has 1 saturated heterocycles. The second-order valence-corrected chi connectivity index (χ2v) is 12.2. The van der Waals surface area contributed by atoms with Crippen LogP contribution in [0.25, 0.3) is 0 Å². The molecule has 2 unspecified atom stereocenters. The second-order valence-electron chi connectivity index (χ2n) is 12.2. The number of hydrogen-bond acceptors (Lipinski definition) is 10. The predicted octanol–water partition coefficient (Wildman–Crippen LogP) is 1.08. The molecule has 0 radical (unpaired) electrons. The van der Waals surface area contributed by atoms with Gasteiger partial charge in [0.2, 0.25) is 0 Å². The van der Waals surface area contributed by atoms with Crippen molar-refractivity contribution in [1.82, 2.24) is 0 Å². The van der Waals surface area contributed by atoms with Crippen molar-refractivity contribution < 1.29 is 49.0 Å². The summed E-state index contributed by atoms with van der Waals surface area (Å²) >= 11 is 0. The second kappa shape index (κ2) is 8.94. The third-order valence-electron chi connectivity index (χ3n) is 9.95. The lowest BCUT2D eigenvalue weighted by atomic mass is 9.44. The quantitative estimate of drug-likeness (QED) is 0.320. The van der Waals surface area contributed by atoms with E-state index in [9.17, 15) is 34.8 Å². The first-order chi connectivity index (χ1) is 18.1. The van der Waals surface area contributed by atoms with Crippen LogP contribution in [0.1, 0.15) is 57.8 Å². The van der Waals surface area contributed by atoms with Gasteiger partial charge in [-0.2, -0.15) is 0 Å². The van der Waals surface area contributed by atoms with Crippen molar-refractivity contribution >= 4 is 17.7 Å². The van der Waals surface area contributed by atoms with E-state index < -0.39 is 76.2 Å². The number of carbonyl (C=O) groups is 3. The minimum absolute atomic E-state index is 0.0828. The molecule has 1 aromatic carbocycles. The van der Waals surface area contributed by atoms with Gasteiger partial charge in [-0.15, -0.1) is 0 Å². The highest BCUT2D eigenvalue weighted by atomic mass is 16.6. The summed E-state index contributed by atoms with van der Waals surface area (Å²) in [7, 11) is 0. The van der Waals surface area contributed by atoms with Crippen LogP contribution in [0.4, 0.5) is 0 Å². The van der Waals surface area contributed by atoms with Crippen LogP contribution >= 0.6 is 0 Å². The van der Waals surface area contributed by atoms with Gasteiger partial charge >= 0.3 is 11.9 Å². The van der Waals surface area contributed by atoms with Crippen LogP contribution in [0.3, 0.4) is 0 Å². The molecule has 2 bridgehead atoms. The molecule has 9 atom stereocenters. The van der Waals surface area contributed by atoms with Gasteiger partial charge < -0.3 is 34.6 Å². The zero-order chi connectivity index (χ0) is 28.7. The van der Waals surface area contributed by atoms with Crippen LogP contribution in [0.5, 0.6) is 0 Å². The zero-order valence-electron chi connectivity index (χ0n) is 22.7. The number of fused-ring (bicyclic) bond motifs is 5. The highest BCUT2D eigenvalue weighted by Crippen LogP contribution is 2.63. The number of ketones is 1. The van der Waals surface area contributed by atoms with Gasteiger partial charge in [0.05, 0.1) is 35.7 Å². The Morgan fingerprint density at radius 3 is 2.28 bits per heavy atom. The standard InChI is InChI=1S/C29H36O10/c1-14-17(31)12-29(36)24(38-25(35)16-9-7-6-8-10-16)22-27(5,23(34)21(33)20(14)26(29,3)4)18(32)11-19-28(22,13-37-19)39-15(2)30/h6-10,17-19,21-22,24,31-33,36H,11-13H2,1-5H3/t17-,18+,19-,21-,22?,24?,27-,28+,29-/m1/s1. The maximum absolute atomic E-state index is 14.3. The fourth-order valence-electron chi connectivity index (χ4n) is 7.66. The molecular weight excluding hydrogens is 508 g/mol. The van der Waals surface area contributed by atoms with Gasteiger partial charge in [-0.25, -0.2) is 4.79 Å². The van der Waals surface area contributed by atoms with Crippen LogP contribution in [-0.4, -0.2) is 86.5 Å². The first-order valence-corrected chi connectivity index (χ1v) is 13.2. The topological polar surface area (TPSA) is 160 Å². The summed E-state index contributed by atoms with van der Waals surface area (Å²) in [5.74, 6) is -3.60. The van der Waals surface area contributed by atoms with Crippen LogP contribution in [-0.2, 0) is 23.8 Å². The molecule has 3 fully saturated rings. The van der Waals surface area contributed by atoms with Gasteiger partial charge in [0.15, 0.2) is 11.4 Å². The minimum Gasteiger partial charge on any atom is -0.455 e. The Hall–Kier alpha value is -2.63. The lowest BCUT2D eigenvalue weighted by molar-refractivity contribution is -0.345. The summed E-state index contributed by atoms with van der Waals surface area (Å²) in [5, 5.41) is 46.7. The molecule has 39 heavy (non-hydrogen) atoms. The summed E-state index contributed by atoms with van der Waals surface area (Å²) in [6.45, 7) is 7.29. The normalized spacial score (nSPS) is 42.7. The van der Waals surface area contributed by atoms with Crippen LogP contribution in [0, 0.1) is 16.7 Å². The van der Waals surface area contributed by atoms with E-state index >= 15 is 0 Å². The molecule has 10 nitrogen and oxygen atoms in total. The molecule has 0 spiro atoms. The third kappa shape index (κ3) is 3.62. The fourth-order valence-corrected chi connectivity index (χ4v) is 7.66. The number of hydrogen-bond donors (Lipinski definition) is 4. The largest absolute Gasteiger partial charge is 0.455 e. The van der Waals surface area contributed by atoms with E-state index in [2.05, 4.69) is 0 Å². The van der Waals surface area contributed by atoms with Gasteiger partial charge in [-0.1, -0.05) is 32.0 Å². The molecule has 1 aromatic rings. The van der Waals surface area contributed by atoms with Gasteiger partial charge in [0.1, 0.15) is 23.9 Å². The molecule has 3 aliphatic carbocycles. The number of carbonyl (C=O) groups excluding carboxylic acids is 3. The third-order valence-corrected chi connectivity index (χ3v) is 9.95. The van der Waals surface area contributed by atoms with Crippen molar-refractivity contribution in [2.75, 3.05) is 6.61 Å². The van der Waals surface area contributed by atoms with E-state index in [0.29, 0.717) is 5.57 Å². The van der Waals surface area contributed by atoms with Crippen molar-refractivity contribution in [3.8, 4) is 0 Å². The molecule has 4 N–H and O–H groups in total. The summed E-state index contributed by atoms with van der Waals surface area (Å²) in [6, 6.07) is 8.08. The summed E-state index contributed by atoms with van der Waals surface area (Å²) in [6.07, 6.45) is -7.26. The Kier molecular flexibility index (Phi) is 6.40. The summed E-state index contributed by atoms with van der Waals surface area (Å²) in [5.41, 5.74) is -6.24. The fraction of sp³-hybridized carbons (Fsp3) is 0.621. The van der Waals surface area contributed by atoms with E-state index in [1.54, 1.807) is 39.0 Å². The van der Waals surface area contributed by atoms with Gasteiger partial charge in [-0.3, -0.25) is 9.59 Å². The van der Waals surface area contributed by atoms with Crippen LogP contribution in [0.2, 0.25) is 0 Å². The van der Waals surface area contributed by atoms with Crippen molar-refractivity contribution in [1.29, 1.82) is 0 Å². The monoisotopic (exact) mass is 544 g/mol. The number of aliphatic hydroxyl groups is 4. The Labute approximate surface area is 226 Å². The van der Waals surface area contributed by atoms with E-state index in [4.69, 9.17) is 14.2 Å². The van der Waals surface area contributed by atoms with Gasteiger partial charge in [0, 0.05) is 25.2 Å². The van der Waals surface area contributed by atoms with Gasteiger partial charge in [0.25, 0.3) is 0 Å². The molecule has 0 amide bonds. The van der Waals surface area contributed by atoms with E-state index in [0.717, 1.165) is 0 Å². The Balaban J connectivity index is 1.81. The zero-order valence-corrected chi connectivity index (χ0v) is 22.7. The number of esters is 2. The molecule has 4 aliphatic rings. The number of rotatable bonds is 3. The van der Waals surface area contributed by atoms with Crippen molar-refractivity contribution in [2.45, 2.75) is 89.2 Å². The first-order valence-electron chi connectivity index (χ1n) is 13.2. The van der Waals surface area contributed by atoms with Crippen molar-refractivity contribution in [2.24, 2.45) is 16.7 Å². The highest BCUT2D eigenvalue weighted by molar-refractivity contribution is 5.94. The molecular formula is C29H36O10. The average Bonchev–Trinajstić information content (AvgIpc) is 2.87. The predicted molar refractivity (Wildman–Crippen MR) is 135 cm³/mol. The maximum atomic E-state index is 14.3. The lowest BCUT2D eigenvalue weighted by Crippen LogP contribution is -2.81. The van der Waals surface area contributed by atoms with E-state index in [-0.39, 0.29) is 30.6 Å². The van der Waals surface area contributed by atoms with Crippen molar-refractivity contribution in [3.63, 3.8) is 0 Å². The maximum Gasteiger partial charge on any atom is 0.338 e. The Bertz CT molecular complexity index is 1240. The summed E-state index contributed by atoms with van der Waals surface area (Å²) < 4.78 is 17.7. The molecule has 212 valence electrons.